The highest BCUT2D eigenvalue weighted by molar-refractivity contribution is 5.91. The molecule has 0 aliphatic heterocycles. The Labute approximate surface area is 164 Å². The summed E-state index contributed by atoms with van der Waals surface area (Å²) >= 11 is 0. The van der Waals surface area contributed by atoms with Gasteiger partial charge in [-0.1, -0.05) is 6.07 Å². The molecule has 0 aliphatic carbocycles. The topological polar surface area (TPSA) is 174 Å². The quantitative estimate of drug-likeness (QED) is 0.221. The van der Waals surface area contributed by atoms with Crippen LogP contribution in [0, 0.1) is 0 Å². The fourth-order valence-electron chi connectivity index (χ4n) is 2.06. The van der Waals surface area contributed by atoms with Crippen molar-refractivity contribution in [3.63, 3.8) is 0 Å². The summed E-state index contributed by atoms with van der Waals surface area (Å²) in [5, 5.41) is 56.2. The predicted molar refractivity (Wildman–Crippen MR) is 97.5 cm³/mol. The van der Waals surface area contributed by atoms with E-state index in [9.17, 15) is 40.2 Å². The van der Waals surface area contributed by atoms with Gasteiger partial charge in [0.2, 0.25) is 0 Å². The number of aliphatic hydroxyl groups excluding tert-OH is 1. The molecule has 2 aromatic rings. The van der Waals surface area contributed by atoms with Gasteiger partial charge in [-0.15, -0.1) is 0 Å². The van der Waals surface area contributed by atoms with Gasteiger partial charge in [0, 0.05) is 6.08 Å². The molecule has 0 aliphatic rings. The Kier molecular flexibility index (Phi) is 6.88. The molecule has 0 bridgehead atoms. The van der Waals surface area contributed by atoms with Gasteiger partial charge in [0.1, 0.15) is 19.3 Å². The van der Waals surface area contributed by atoms with Crippen molar-refractivity contribution >= 4 is 18.0 Å². The average molecular weight is 406 g/mol. The number of rotatable bonds is 7. The second-order valence-electron chi connectivity index (χ2n) is 5.83. The Morgan fingerprint density at radius 1 is 0.862 bits per heavy atom. The van der Waals surface area contributed by atoms with Crippen molar-refractivity contribution in [1.82, 2.24) is 0 Å². The lowest BCUT2D eigenvalue weighted by atomic mass is 10.2. The Morgan fingerprint density at radius 2 is 1.48 bits per heavy atom. The number of ether oxygens (including phenoxy) is 2. The largest absolute Gasteiger partial charge is 0.504 e. The summed E-state index contributed by atoms with van der Waals surface area (Å²) < 4.78 is 9.55. The third kappa shape index (κ3) is 6.04. The van der Waals surface area contributed by atoms with E-state index in [-0.39, 0.29) is 17.1 Å². The molecule has 1 atom stereocenters. The van der Waals surface area contributed by atoms with Crippen molar-refractivity contribution < 1.29 is 49.7 Å². The van der Waals surface area contributed by atoms with E-state index in [0.29, 0.717) is 5.56 Å². The highest BCUT2D eigenvalue weighted by atomic mass is 16.6. The van der Waals surface area contributed by atoms with Gasteiger partial charge in [-0.2, -0.15) is 0 Å². The summed E-state index contributed by atoms with van der Waals surface area (Å²) in [7, 11) is 0. The standard InChI is InChI=1S/C19H18O10/c20-12(9-29-19(27)11-6-15(23)18(26)16(24)7-11)8-28-17(25)4-2-10-1-3-13(21)14(22)5-10/h1-7,12,20-24,26H,8-9H2/b4-2+. The molecule has 2 aromatic carbocycles. The highest BCUT2D eigenvalue weighted by Gasteiger charge is 2.16. The van der Waals surface area contributed by atoms with Crippen LogP contribution in [0.15, 0.2) is 36.4 Å². The molecule has 0 radical (unpaired) electrons. The van der Waals surface area contributed by atoms with Gasteiger partial charge >= 0.3 is 11.9 Å². The Bertz CT molecular complexity index is 912. The maximum Gasteiger partial charge on any atom is 0.338 e. The van der Waals surface area contributed by atoms with E-state index >= 15 is 0 Å². The fourth-order valence-corrected chi connectivity index (χ4v) is 2.06. The van der Waals surface area contributed by atoms with Crippen molar-refractivity contribution in [2.75, 3.05) is 13.2 Å². The lowest BCUT2D eigenvalue weighted by Crippen LogP contribution is -2.25. The molecule has 0 saturated carbocycles. The number of carbonyl (C=O) groups excluding carboxylic acids is 2. The molecule has 29 heavy (non-hydrogen) atoms. The van der Waals surface area contributed by atoms with Gasteiger partial charge in [-0.05, 0) is 35.9 Å². The van der Waals surface area contributed by atoms with Gasteiger partial charge in [-0.3, -0.25) is 0 Å². The van der Waals surface area contributed by atoms with Crippen molar-refractivity contribution in [3.05, 3.63) is 47.5 Å². The monoisotopic (exact) mass is 406 g/mol. The SMILES string of the molecule is O=C(/C=C/c1ccc(O)c(O)c1)OCC(O)COC(=O)c1cc(O)c(O)c(O)c1. The number of phenols is 5. The fraction of sp³-hybridized carbons (Fsp3) is 0.158. The Balaban J connectivity index is 1.79. The van der Waals surface area contributed by atoms with E-state index in [4.69, 9.17) is 9.47 Å². The van der Waals surface area contributed by atoms with Crippen LogP contribution in [0.5, 0.6) is 28.7 Å². The van der Waals surface area contributed by atoms with E-state index in [1.54, 1.807) is 0 Å². The van der Waals surface area contributed by atoms with Crippen LogP contribution in [0.1, 0.15) is 15.9 Å². The summed E-state index contributed by atoms with van der Waals surface area (Å²) in [5.41, 5.74) is 0.161. The summed E-state index contributed by atoms with van der Waals surface area (Å²) in [6, 6.07) is 5.66. The first-order valence-corrected chi connectivity index (χ1v) is 8.14. The molecule has 0 amide bonds. The van der Waals surface area contributed by atoms with Gasteiger partial charge < -0.3 is 40.1 Å². The van der Waals surface area contributed by atoms with Crippen molar-refractivity contribution in [2.24, 2.45) is 0 Å². The van der Waals surface area contributed by atoms with E-state index in [0.717, 1.165) is 18.2 Å². The van der Waals surface area contributed by atoms with Crippen LogP contribution in [0.2, 0.25) is 0 Å². The minimum atomic E-state index is -1.34. The van der Waals surface area contributed by atoms with Crippen molar-refractivity contribution in [2.45, 2.75) is 6.10 Å². The second kappa shape index (κ2) is 9.33. The van der Waals surface area contributed by atoms with Crippen LogP contribution in [0.25, 0.3) is 6.08 Å². The number of phenolic OH excluding ortho intramolecular Hbond substituents is 5. The maximum absolute atomic E-state index is 11.8. The number of aromatic hydroxyl groups is 5. The number of esters is 2. The normalized spacial score (nSPS) is 11.9. The maximum atomic E-state index is 11.8. The molecule has 1 unspecified atom stereocenters. The third-order valence-corrected chi connectivity index (χ3v) is 3.54. The number of hydrogen-bond donors (Lipinski definition) is 6. The average Bonchev–Trinajstić information content (AvgIpc) is 2.69. The molecule has 0 saturated heterocycles. The van der Waals surface area contributed by atoms with E-state index in [2.05, 4.69) is 0 Å². The summed E-state index contributed by atoms with van der Waals surface area (Å²) in [6.45, 7) is -1.02. The van der Waals surface area contributed by atoms with E-state index in [1.165, 1.54) is 24.3 Å². The van der Waals surface area contributed by atoms with E-state index < -0.39 is 48.5 Å². The molecule has 2 rings (SSSR count). The minimum Gasteiger partial charge on any atom is -0.504 e. The number of hydrogen-bond acceptors (Lipinski definition) is 10. The van der Waals surface area contributed by atoms with Gasteiger partial charge in [0.05, 0.1) is 5.56 Å². The molecule has 10 nitrogen and oxygen atoms in total. The smallest absolute Gasteiger partial charge is 0.338 e. The molecule has 0 aromatic heterocycles. The van der Waals surface area contributed by atoms with E-state index in [1.807, 2.05) is 0 Å². The number of aliphatic hydroxyl groups is 1. The summed E-state index contributed by atoms with van der Waals surface area (Å²) in [6.07, 6.45) is 1.01. The van der Waals surface area contributed by atoms with Crippen LogP contribution in [0.3, 0.4) is 0 Å². The van der Waals surface area contributed by atoms with Crippen molar-refractivity contribution in [1.29, 1.82) is 0 Å². The minimum absolute atomic E-state index is 0.262. The summed E-state index contributed by atoms with van der Waals surface area (Å²) in [5.74, 6) is -4.69. The van der Waals surface area contributed by atoms with Gasteiger partial charge in [-0.25, -0.2) is 9.59 Å². The first-order valence-electron chi connectivity index (χ1n) is 8.14. The molecular weight excluding hydrogens is 388 g/mol. The zero-order valence-electron chi connectivity index (χ0n) is 14.8. The predicted octanol–water partition coefficient (Wildman–Crippen LogP) is 0.989. The molecule has 6 N–H and O–H groups in total. The van der Waals surface area contributed by atoms with Crippen LogP contribution >= 0.6 is 0 Å². The van der Waals surface area contributed by atoms with Crippen LogP contribution in [-0.2, 0) is 14.3 Å². The first kappa shape index (κ1) is 21.4. The third-order valence-electron chi connectivity index (χ3n) is 3.54. The van der Waals surface area contributed by atoms with Gasteiger partial charge in [0.15, 0.2) is 28.7 Å². The molecule has 154 valence electrons. The molecular formula is C19H18O10. The Hall–Kier alpha value is -3.92. The lowest BCUT2D eigenvalue weighted by Gasteiger charge is -2.12. The van der Waals surface area contributed by atoms with Crippen LogP contribution in [-0.4, -0.2) is 61.9 Å². The van der Waals surface area contributed by atoms with Crippen LogP contribution < -0.4 is 0 Å². The highest BCUT2D eigenvalue weighted by Crippen LogP contribution is 2.35. The second-order valence-corrected chi connectivity index (χ2v) is 5.83. The molecule has 10 heteroatoms. The van der Waals surface area contributed by atoms with Gasteiger partial charge in [0.25, 0.3) is 0 Å². The summed E-state index contributed by atoms with van der Waals surface area (Å²) in [4.78, 5) is 23.4. The number of benzene rings is 2. The number of carbonyl (C=O) groups is 2. The molecule has 0 fully saturated rings. The first-order chi connectivity index (χ1) is 13.7. The van der Waals surface area contributed by atoms with Crippen molar-refractivity contribution in [3.8, 4) is 28.7 Å². The zero-order valence-corrected chi connectivity index (χ0v) is 14.8. The lowest BCUT2D eigenvalue weighted by molar-refractivity contribution is -0.141. The molecule has 0 heterocycles. The molecule has 0 spiro atoms. The van der Waals surface area contributed by atoms with Crippen LogP contribution in [0.4, 0.5) is 0 Å². The zero-order chi connectivity index (χ0) is 21.6. The Morgan fingerprint density at radius 3 is 2.10 bits per heavy atom.